The highest BCUT2D eigenvalue weighted by atomic mass is 16.5. The number of hydrogen-bond donors (Lipinski definition) is 1. The lowest BCUT2D eigenvalue weighted by Gasteiger charge is -2.16. The second-order valence-corrected chi connectivity index (χ2v) is 7.81. The number of carbonyl (C=O) groups is 2. The van der Waals surface area contributed by atoms with Gasteiger partial charge in [-0.25, -0.2) is 0 Å². The average Bonchev–Trinajstić information content (AvgIpc) is 3.50. The maximum absolute atomic E-state index is 13.2. The van der Waals surface area contributed by atoms with Crippen LogP contribution in [0.2, 0.25) is 0 Å². The van der Waals surface area contributed by atoms with Gasteiger partial charge in [-0.1, -0.05) is 30.3 Å². The summed E-state index contributed by atoms with van der Waals surface area (Å²) in [7, 11) is 3.25. The van der Waals surface area contributed by atoms with Gasteiger partial charge in [0.1, 0.15) is 11.4 Å². The molecule has 1 saturated carbocycles. The predicted molar refractivity (Wildman–Crippen MR) is 118 cm³/mol. The number of rotatable bonds is 8. The van der Waals surface area contributed by atoms with Gasteiger partial charge in [0.25, 0.3) is 5.91 Å². The van der Waals surface area contributed by atoms with Crippen LogP contribution in [-0.4, -0.2) is 53.2 Å². The van der Waals surface area contributed by atoms with E-state index in [0.717, 1.165) is 29.7 Å². The molecule has 7 nitrogen and oxygen atoms in total. The first-order chi connectivity index (χ1) is 15.0. The van der Waals surface area contributed by atoms with Crippen molar-refractivity contribution in [3.8, 4) is 17.0 Å². The normalized spacial score (nSPS) is 13.0. The molecule has 0 unspecified atom stereocenters. The van der Waals surface area contributed by atoms with Crippen LogP contribution in [0.15, 0.2) is 60.8 Å². The SMILES string of the molecule is COc1ccc(-c2nn(Cc3ccccc3)cc2C(=O)N(C)CC(=O)NC2CC2)cc1. The molecule has 0 radical (unpaired) electrons. The maximum atomic E-state index is 13.2. The van der Waals surface area contributed by atoms with Gasteiger partial charge in [-0.2, -0.15) is 5.10 Å². The topological polar surface area (TPSA) is 76.5 Å². The van der Waals surface area contributed by atoms with Gasteiger partial charge in [0.05, 0.1) is 25.8 Å². The van der Waals surface area contributed by atoms with Crippen molar-refractivity contribution < 1.29 is 14.3 Å². The fraction of sp³-hybridized carbons (Fsp3) is 0.292. The fourth-order valence-electron chi connectivity index (χ4n) is 3.39. The summed E-state index contributed by atoms with van der Waals surface area (Å²) in [4.78, 5) is 26.8. The molecule has 1 N–H and O–H groups in total. The van der Waals surface area contributed by atoms with Crippen LogP contribution in [0.25, 0.3) is 11.3 Å². The molecule has 0 bridgehead atoms. The number of carbonyl (C=O) groups excluding carboxylic acids is 2. The smallest absolute Gasteiger partial charge is 0.257 e. The van der Waals surface area contributed by atoms with Gasteiger partial charge in [-0.3, -0.25) is 14.3 Å². The Kier molecular flexibility index (Phi) is 6.02. The number of ether oxygens (including phenoxy) is 1. The molecule has 1 aliphatic carbocycles. The van der Waals surface area contributed by atoms with Crippen molar-refractivity contribution in [2.24, 2.45) is 0 Å². The van der Waals surface area contributed by atoms with Crippen LogP contribution in [0.4, 0.5) is 0 Å². The van der Waals surface area contributed by atoms with Crippen LogP contribution in [0.3, 0.4) is 0 Å². The first kappa shape index (κ1) is 20.7. The van der Waals surface area contributed by atoms with Gasteiger partial charge >= 0.3 is 0 Å². The summed E-state index contributed by atoms with van der Waals surface area (Å²) in [6.07, 6.45) is 3.78. The number of benzene rings is 2. The van der Waals surface area contributed by atoms with Crippen molar-refractivity contribution >= 4 is 11.8 Å². The quantitative estimate of drug-likeness (QED) is 0.610. The lowest BCUT2D eigenvalue weighted by Crippen LogP contribution is -2.39. The minimum Gasteiger partial charge on any atom is -0.497 e. The average molecular weight is 418 g/mol. The number of nitrogens with zero attached hydrogens (tertiary/aromatic N) is 3. The van der Waals surface area contributed by atoms with Crippen molar-refractivity contribution in [3.63, 3.8) is 0 Å². The Labute approximate surface area is 181 Å². The Balaban J connectivity index is 1.61. The highest BCUT2D eigenvalue weighted by molar-refractivity contribution is 6.01. The fourth-order valence-corrected chi connectivity index (χ4v) is 3.39. The van der Waals surface area contributed by atoms with Crippen molar-refractivity contribution in [1.29, 1.82) is 0 Å². The standard InChI is InChI=1S/C24H26N4O3/c1-27(16-22(29)25-19-10-11-19)24(30)21-15-28(14-17-6-4-3-5-7-17)26-23(21)18-8-12-20(31-2)13-9-18/h3-9,12-13,15,19H,10-11,14,16H2,1-2H3,(H,25,29). The molecule has 1 aromatic heterocycles. The summed E-state index contributed by atoms with van der Waals surface area (Å²) in [5, 5.41) is 7.62. The van der Waals surface area contributed by atoms with E-state index < -0.39 is 0 Å². The van der Waals surface area contributed by atoms with Crippen LogP contribution < -0.4 is 10.1 Å². The highest BCUT2D eigenvalue weighted by Crippen LogP contribution is 2.26. The van der Waals surface area contributed by atoms with E-state index in [0.29, 0.717) is 17.8 Å². The van der Waals surface area contributed by atoms with Crippen LogP contribution in [0, 0.1) is 0 Å². The van der Waals surface area contributed by atoms with Crippen LogP contribution in [0.5, 0.6) is 5.75 Å². The molecular formula is C24H26N4O3. The van der Waals surface area contributed by atoms with Gasteiger partial charge in [0.2, 0.25) is 5.91 Å². The summed E-state index contributed by atoms with van der Waals surface area (Å²) >= 11 is 0. The van der Waals surface area contributed by atoms with E-state index in [1.54, 1.807) is 25.0 Å². The molecule has 0 aliphatic heterocycles. The van der Waals surface area contributed by atoms with E-state index in [1.807, 2.05) is 54.6 Å². The van der Waals surface area contributed by atoms with Gasteiger partial charge in [-0.05, 0) is 42.7 Å². The summed E-state index contributed by atoms with van der Waals surface area (Å²) in [5.41, 5.74) is 2.94. The van der Waals surface area contributed by atoms with Crippen molar-refractivity contribution in [2.45, 2.75) is 25.4 Å². The lowest BCUT2D eigenvalue weighted by atomic mass is 10.1. The number of likely N-dealkylation sites (N-methyl/N-ethyl adjacent to an activating group) is 1. The number of nitrogens with one attached hydrogen (secondary N) is 1. The Bertz CT molecular complexity index is 1060. The van der Waals surface area contributed by atoms with Crippen LogP contribution >= 0.6 is 0 Å². The summed E-state index contributed by atoms with van der Waals surface area (Å²) in [6, 6.07) is 17.7. The van der Waals surface area contributed by atoms with E-state index in [4.69, 9.17) is 9.84 Å². The van der Waals surface area contributed by atoms with Crippen molar-refractivity contribution in [2.75, 3.05) is 20.7 Å². The Morgan fingerprint density at radius 3 is 2.48 bits per heavy atom. The first-order valence-electron chi connectivity index (χ1n) is 10.3. The monoisotopic (exact) mass is 418 g/mol. The van der Waals surface area contributed by atoms with Gasteiger partial charge in [0.15, 0.2) is 0 Å². The van der Waals surface area contributed by atoms with Crippen molar-refractivity contribution in [1.82, 2.24) is 20.0 Å². The van der Waals surface area contributed by atoms with E-state index >= 15 is 0 Å². The number of aromatic nitrogens is 2. The Morgan fingerprint density at radius 1 is 1.13 bits per heavy atom. The van der Waals surface area contributed by atoms with Gasteiger partial charge in [0, 0.05) is 24.8 Å². The largest absolute Gasteiger partial charge is 0.497 e. The molecule has 7 heteroatoms. The summed E-state index contributed by atoms with van der Waals surface area (Å²) in [6.45, 7) is 0.560. The molecule has 3 aromatic rings. The number of amides is 2. The zero-order valence-electron chi connectivity index (χ0n) is 17.7. The van der Waals surface area contributed by atoms with Crippen molar-refractivity contribution in [3.05, 3.63) is 71.9 Å². The third-order valence-electron chi connectivity index (χ3n) is 5.21. The maximum Gasteiger partial charge on any atom is 0.257 e. The minimum absolute atomic E-state index is 0.0151. The second kappa shape index (κ2) is 9.04. The molecule has 1 aliphatic rings. The molecule has 1 heterocycles. The first-order valence-corrected chi connectivity index (χ1v) is 10.3. The molecule has 4 rings (SSSR count). The Hall–Kier alpha value is -3.61. The molecule has 2 aromatic carbocycles. The van der Waals surface area contributed by atoms with Crippen LogP contribution in [0.1, 0.15) is 28.8 Å². The number of methoxy groups -OCH3 is 1. The molecule has 0 spiro atoms. The minimum atomic E-state index is -0.240. The third kappa shape index (κ3) is 5.12. The number of hydrogen-bond acceptors (Lipinski definition) is 4. The van der Waals surface area contributed by atoms with E-state index in [2.05, 4.69) is 5.32 Å². The molecule has 160 valence electrons. The van der Waals surface area contributed by atoms with E-state index in [1.165, 1.54) is 4.90 Å². The molecule has 0 atom stereocenters. The van der Waals surface area contributed by atoms with E-state index in [-0.39, 0.29) is 24.4 Å². The highest BCUT2D eigenvalue weighted by Gasteiger charge is 2.26. The summed E-state index contributed by atoms with van der Waals surface area (Å²) in [5.74, 6) is 0.353. The van der Waals surface area contributed by atoms with E-state index in [9.17, 15) is 9.59 Å². The molecule has 31 heavy (non-hydrogen) atoms. The van der Waals surface area contributed by atoms with Crippen LogP contribution in [-0.2, 0) is 11.3 Å². The molecule has 2 amide bonds. The zero-order chi connectivity index (χ0) is 21.8. The zero-order valence-corrected chi connectivity index (χ0v) is 17.7. The predicted octanol–water partition coefficient (Wildman–Crippen LogP) is 2.96. The third-order valence-corrected chi connectivity index (χ3v) is 5.21. The molecule has 0 saturated heterocycles. The summed E-state index contributed by atoms with van der Waals surface area (Å²) < 4.78 is 7.00. The molecule has 1 fully saturated rings. The Morgan fingerprint density at radius 2 is 1.84 bits per heavy atom. The lowest BCUT2D eigenvalue weighted by molar-refractivity contribution is -0.121. The van der Waals surface area contributed by atoms with Gasteiger partial charge in [-0.15, -0.1) is 0 Å². The second-order valence-electron chi connectivity index (χ2n) is 7.81. The molecular weight excluding hydrogens is 392 g/mol. The van der Waals surface area contributed by atoms with Gasteiger partial charge < -0.3 is 15.0 Å².